The number of benzene rings is 1. The number of ether oxygens (including phenoxy) is 1. The molecule has 3 rings (SSSR count). The molecule has 0 unspecified atom stereocenters. The van der Waals surface area contributed by atoms with Crippen LogP contribution in [0.25, 0.3) is 0 Å². The second-order valence-electron chi connectivity index (χ2n) is 8.82. The molecule has 134 valence electrons. The molecule has 2 N–H and O–H groups in total. The first-order valence-corrected chi connectivity index (χ1v) is 9.41. The molecular weight excluding hydrogens is 298 g/mol. The zero-order chi connectivity index (χ0) is 17.4. The highest BCUT2D eigenvalue weighted by Gasteiger charge is 2.60. The Hall–Kier alpha value is -0.900. The molecule has 0 aliphatic heterocycles. The molecule has 2 saturated carbocycles. The van der Waals surface area contributed by atoms with Crippen molar-refractivity contribution in [3.8, 4) is 0 Å². The van der Waals surface area contributed by atoms with Crippen LogP contribution < -0.4 is 5.32 Å². The number of rotatable bonds is 7. The minimum atomic E-state index is -0.463. The first-order chi connectivity index (χ1) is 11.3. The Balaban J connectivity index is 1.47. The summed E-state index contributed by atoms with van der Waals surface area (Å²) in [5.41, 5.74) is 1.78. The highest BCUT2D eigenvalue weighted by molar-refractivity contribution is 5.18. The van der Waals surface area contributed by atoms with Gasteiger partial charge in [0.2, 0.25) is 0 Å². The van der Waals surface area contributed by atoms with E-state index in [4.69, 9.17) is 4.74 Å². The summed E-state index contributed by atoms with van der Waals surface area (Å²) in [5.74, 6) is 0.779. The van der Waals surface area contributed by atoms with Crippen molar-refractivity contribution in [1.82, 2.24) is 5.32 Å². The zero-order valence-corrected chi connectivity index (χ0v) is 15.6. The van der Waals surface area contributed by atoms with Crippen LogP contribution in [0.1, 0.15) is 58.6 Å². The van der Waals surface area contributed by atoms with Crippen LogP contribution >= 0.6 is 0 Å². The van der Waals surface area contributed by atoms with Gasteiger partial charge in [0.15, 0.2) is 0 Å². The summed E-state index contributed by atoms with van der Waals surface area (Å²) in [7, 11) is 0. The quantitative estimate of drug-likeness (QED) is 0.795. The van der Waals surface area contributed by atoms with Crippen molar-refractivity contribution in [3.63, 3.8) is 0 Å². The van der Waals surface area contributed by atoms with Crippen LogP contribution in [-0.2, 0) is 4.74 Å². The summed E-state index contributed by atoms with van der Waals surface area (Å²) in [6.45, 7) is 10.2. The molecule has 1 aromatic rings. The van der Waals surface area contributed by atoms with Crippen molar-refractivity contribution in [1.29, 1.82) is 0 Å². The Morgan fingerprint density at radius 2 is 1.96 bits per heavy atom. The number of hydrogen-bond acceptors (Lipinski definition) is 3. The van der Waals surface area contributed by atoms with E-state index in [9.17, 15) is 5.11 Å². The SMILES string of the molecule is C[C@H](NC[C@H](O)CO[C@@H]1C(C)(C)[C@H]2CC[C@@]1(C)C2)c1ccccc1. The summed E-state index contributed by atoms with van der Waals surface area (Å²) in [6.07, 6.45) is 3.69. The monoisotopic (exact) mass is 331 g/mol. The summed E-state index contributed by atoms with van der Waals surface area (Å²) < 4.78 is 6.26. The molecule has 3 nitrogen and oxygen atoms in total. The lowest BCUT2D eigenvalue weighted by Crippen LogP contribution is -2.44. The van der Waals surface area contributed by atoms with Crippen LogP contribution in [-0.4, -0.2) is 30.5 Å². The molecule has 2 bridgehead atoms. The van der Waals surface area contributed by atoms with E-state index in [1.807, 2.05) is 18.2 Å². The maximum absolute atomic E-state index is 10.3. The molecule has 2 aliphatic carbocycles. The zero-order valence-electron chi connectivity index (χ0n) is 15.6. The Kier molecular flexibility index (Phi) is 5.06. The predicted molar refractivity (Wildman–Crippen MR) is 97.8 cm³/mol. The number of aliphatic hydroxyl groups excluding tert-OH is 1. The normalized spacial score (nSPS) is 33.5. The van der Waals surface area contributed by atoms with Gasteiger partial charge >= 0.3 is 0 Å². The van der Waals surface area contributed by atoms with E-state index in [0.717, 1.165) is 5.92 Å². The van der Waals surface area contributed by atoms with E-state index in [-0.39, 0.29) is 17.6 Å². The largest absolute Gasteiger partial charge is 0.389 e. The minimum Gasteiger partial charge on any atom is -0.389 e. The number of aliphatic hydroxyl groups is 1. The van der Waals surface area contributed by atoms with Crippen LogP contribution in [0.4, 0.5) is 0 Å². The van der Waals surface area contributed by atoms with E-state index < -0.39 is 6.10 Å². The smallest absolute Gasteiger partial charge is 0.0898 e. The molecule has 3 heteroatoms. The first-order valence-electron chi connectivity index (χ1n) is 9.41. The van der Waals surface area contributed by atoms with Gasteiger partial charge in [0.25, 0.3) is 0 Å². The van der Waals surface area contributed by atoms with Crippen LogP contribution in [0, 0.1) is 16.7 Å². The topological polar surface area (TPSA) is 41.5 Å². The van der Waals surface area contributed by atoms with Gasteiger partial charge in [-0.25, -0.2) is 0 Å². The third-order valence-corrected chi connectivity index (χ3v) is 6.55. The molecule has 0 amide bonds. The Bertz CT molecular complexity index is 539. The van der Waals surface area contributed by atoms with Gasteiger partial charge in [-0.2, -0.15) is 0 Å². The van der Waals surface area contributed by atoms with Crippen molar-refractivity contribution >= 4 is 0 Å². The Morgan fingerprint density at radius 1 is 1.25 bits per heavy atom. The Labute approximate surface area is 146 Å². The highest BCUT2D eigenvalue weighted by atomic mass is 16.5. The first kappa shape index (κ1) is 17.9. The van der Waals surface area contributed by atoms with Crippen LogP contribution in [0.2, 0.25) is 0 Å². The number of hydrogen-bond donors (Lipinski definition) is 2. The molecule has 2 aliphatic rings. The summed E-state index contributed by atoms with van der Waals surface area (Å²) in [6, 6.07) is 10.6. The van der Waals surface area contributed by atoms with Crippen molar-refractivity contribution in [3.05, 3.63) is 35.9 Å². The van der Waals surface area contributed by atoms with Gasteiger partial charge in [-0.15, -0.1) is 0 Å². The molecule has 2 fully saturated rings. The van der Waals surface area contributed by atoms with Gasteiger partial charge in [-0.3, -0.25) is 0 Å². The molecular formula is C21H33NO2. The van der Waals surface area contributed by atoms with E-state index in [1.165, 1.54) is 24.8 Å². The van der Waals surface area contributed by atoms with E-state index in [0.29, 0.717) is 18.6 Å². The molecule has 0 heterocycles. The fraction of sp³-hybridized carbons (Fsp3) is 0.714. The van der Waals surface area contributed by atoms with Crippen molar-refractivity contribution in [2.24, 2.45) is 16.7 Å². The van der Waals surface area contributed by atoms with Crippen LogP contribution in [0.3, 0.4) is 0 Å². The van der Waals surface area contributed by atoms with Crippen LogP contribution in [0.15, 0.2) is 30.3 Å². The van der Waals surface area contributed by atoms with Gasteiger partial charge in [0.05, 0.1) is 18.8 Å². The lowest BCUT2D eigenvalue weighted by atomic mass is 9.70. The van der Waals surface area contributed by atoms with E-state index in [2.05, 4.69) is 45.1 Å². The summed E-state index contributed by atoms with van der Waals surface area (Å²) >= 11 is 0. The fourth-order valence-corrected chi connectivity index (χ4v) is 5.11. The fourth-order valence-electron chi connectivity index (χ4n) is 5.11. The molecule has 0 spiro atoms. The third-order valence-electron chi connectivity index (χ3n) is 6.55. The standard InChI is InChI=1S/C21H33NO2/c1-15(16-8-6-5-7-9-16)22-13-18(23)14-24-19-20(2,3)17-10-11-21(19,4)12-17/h5-9,15,17-19,22-23H,10-14H2,1-4H3/t15-,17-,18-,19+,21-/m0/s1. The maximum Gasteiger partial charge on any atom is 0.0898 e. The maximum atomic E-state index is 10.3. The van der Waals surface area contributed by atoms with Gasteiger partial charge in [0, 0.05) is 12.6 Å². The van der Waals surface area contributed by atoms with Gasteiger partial charge in [-0.05, 0) is 48.5 Å². The molecule has 0 aromatic heterocycles. The average molecular weight is 332 g/mol. The summed E-state index contributed by atoms with van der Waals surface area (Å²) in [5, 5.41) is 13.8. The molecule has 0 radical (unpaired) electrons. The van der Waals surface area contributed by atoms with Crippen molar-refractivity contribution in [2.45, 2.75) is 65.2 Å². The van der Waals surface area contributed by atoms with E-state index >= 15 is 0 Å². The predicted octanol–water partition coefficient (Wildman–Crippen LogP) is 3.93. The van der Waals surface area contributed by atoms with Gasteiger partial charge in [-0.1, -0.05) is 51.1 Å². The van der Waals surface area contributed by atoms with Crippen molar-refractivity contribution in [2.75, 3.05) is 13.2 Å². The second kappa shape index (κ2) is 6.78. The molecule has 5 atom stereocenters. The van der Waals surface area contributed by atoms with E-state index in [1.54, 1.807) is 0 Å². The molecule has 24 heavy (non-hydrogen) atoms. The average Bonchev–Trinajstić information content (AvgIpc) is 3.04. The third kappa shape index (κ3) is 3.40. The van der Waals surface area contributed by atoms with Crippen molar-refractivity contribution < 1.29 is 9.84 Å². The van der Waals surface area contributed by atoms with Gasteiger partial charge in [0.1, 0.15) is 0 Å². The van der Waals surface area contributed by atoms with Gasteiger partial charge < -0.3 is 15.2 Å². The highest BCUT2D eigenvalue weighted by Crippen LogP contribution is 2.63. The van der Waals surface area contributed by atoms with Crippen LogP contribution in [0.5, 0.6) is 0 Å². The second-order valence-corrected chi connectivity index (χ2v) is 8.82. The molecule has 0 saturated heterocycles. The molecule has 1 aromatic carbocycles. The lowest BCUT2D eigenvalue weighted by molar-refractivity contribution is -0.110. The number of fused-ring (bicyclic) bond motifs is 2. The Morgan fingerprint density at radius 3 is 2.58 bits per heavy atom. The minimum absolute atomic E-state index is 0.234. The summed E-state index contributed by atoms with van der Waals surface area (Å²) in [4.78, 5) is 0. The lowest BCUT2D eigenvalue weighted by Gasteiger charge is -2.42. The number of nitrogens with one attached hydrogen (secondary N) is 1.